The van der Waals surface area contributed by atoms with E-state index in [4.69, 9.17) is 0 Å². The lowest BCUT2D eigenvalue weighted by atomic mass is 9.95. The Balaban J connectivity index is 2.03. The third-order valence-corrected chi connectivity index (χ3v) is 3.99. The molecule has 0 atom stereocenters. The summed E-state index contributed by atoms with van der Waals surface area (Å²) in [5.41, 5.74) is 1.04. The van der Waals surface area contributed by atoms with Crippen LogP contribution in [-0.4, -0.2) is 29.6 Å². The lowest BCUT2D eigenvalue weighted by Gasteiger charge is -2.24. The number of anilines is 2. The van der Waals surface area contributed by atoms with E-state index in [1.807, 2.05) is 6.92 Å². The third kappa shape index (κ3) is 4.36. The van der Waals surface area contributed by atoms with Crippen LogP contribution in [0.2, 0.25) is 0 Å². The monoisotopic (exact) mass is 276 g/mol. The summed E-state index contributed by atoms with van der Waals surface area (Å²) < 4.78 is 0. The third-order valence-electron chi connectivity index (χ3n) is 3.99. The minimum absolute atomic E-state index is 0.590. The summed E-state index contributed by atoms with van der Waals surface area (Å²) in [5, 5.41) is 3.60. The number of hydrogen-bond donors (Lipinski definition) is 1. The fraction of sp³-hybridized carbons (Fsp3) is 0.750. The van der Waals surface area contributed by atoms with Gasteiger partial charge in [0.2, 0.25) is 5.95 Å². The molecule has 4 heteroatoms. The van der Waals surface area contributed by atoms with Gasteiger partial charge in [0, 0.05) is 31.4 Å². The highest BCUT2D eigenvalue weighted by Gasteiger charge is 2.14. The summed E-state index contributed by atoms with van der Waals surface area (Å²) >= 11 is 0. The molecule has 0 amide bonds. The number of aromatic nitrogens is 2. The van der Waals surface area contributed by atoms with E-state index in [1.165, 1.54) is 44.9 Å². The van der Waals surface area contributed by atoms with Gasteiger partial charge in [0.25, 0.3) is 0 Å². The first-order valence-corrected chi connectivity index (χ1v) is 8.02. The minimum Gasteiger partial charge on any atom is -0.367 e. The maximum atomic E-state index is 4.68. The van der Waals surface area contributed by atoms with Crippen LogP contribution in [-0.2, 0) is 0 Å². The van der Waals surface area contributed by atoms with Gasteiger partial charge in [-0.1, -0.05) is 32.6 Å². The van der Waals surface area contributed by atoms with E-state index in [1.54, 1.807) is 0 Å². The Kier molecular flexibility index (Phi) is 5.62. The van der Waals surface area contributed by atoms with Gasteiger partial charge in [0.15, 0.2) is 0 Å². The van der Waals surface area contributed by atoms with Gasteiger partial charge < -0.3 is 10.2 Å². The molecule has 0 bridgehead atoms. The number of nitrogens with zero attached hydrogens (tertiary/aromatic N) is 3. The zero-order valence-electron chi connectivity index (χ0n) is 13.2. The topological polar surface area (TPSA) is 41.1 Å². The van der Waals surface area contributed by atoms with Crippen LogP contribution in [0, 0.1) is 6.92 Å². The van der Waals surface area contributed by atoms with Crippen molar-refractivity contribution < 1.29 is 0 Å². The molecule has 0 saturated heterocycles. The number of rotatable bonds is 6. The van der Waals surface area contributed by atoms with Crippen molar-refractivity contribution in [1.82, 2.24) is 9.97 Å². The predicted octanol–water partition coefficient (Wildman–Crippen LogP) is 3.77. The lowest BCUT2D eigenvalue weighted by molar-refractivity contribution is 0.462. The quantitative estimate of drug-likeness (QED) is 0.859. The van der Waals surface area contributed by atoms with Crippen LogP contribution >= 0.6 is 0 Å². The molecule has 0 aliphatic heterocycles. The highest BCUT2D eigenvalue weighted by Crippen LogP contribution is 2.22. The van der Waals surface area contributed by atoms with Crippen LogP contribution < -0.4 is 10.2 Å². The van der Waals surface area contributed by atoms with Crippen molar-refractivity contribution in [2.75, 3.05) is 23.8 Å². The SMILES string of the molecule is CCCCN(C)c1nc(C)cc(NC2CCCCC2)n1. The summed E-state index contributed by atoms with van der Waals surface area (Å²) in [5.74, 6) is 1.83. The van der Waals surface area contributed by atoms with Crippen molar-refractivity contribution in [3.63, 3.8) is 0 Å². The molecule has 1 aliphatic carbocycles. The molecule has 0 radical (unpaired) electrons. The molecule has 1 fully saturated rings. The summed E-state index contributed by atoms with van der Waals surface area (Å²) in [4.78, 5) is 11.4. The molecule has 2 rings (SSSR count). The molecule has 1 N–H and O–H groups in total. The molecule has 4 nitrogen and oxygen atoms in total. The van der Waals surface area contributed by atoms with Crippen LogP contribution in [0.15, 0.2) is 6.07 Å². The van der Waals surface area contributed by atoms with Crippen LogP contribution in [0.4, 0.5) is 11.8 Å². The van der Waals surface area contributed by atoms with E-state index in [0.29, 0.717) is 6.04 Å². The molecule has 0 spiro atoms. The van der Waals surface area contributed by atoms with Gasteiger partial charge in [0.1, 0.15) is 5.82 Å². The molecule has 1 heterocycles. The standard InChI is InChI=1S/C16H28N4/c1-4-5-11-20(3)16-17-13(2)12-15(19-16)18-14-9-7-6-8-10-14/h12,14H,4-11H2,1-3H3,(H,17,18,19). The summed E-state index contributed by atoms with van der Waals surface area (Å²) in [7, 11) is 2.08. The average molecular weight is 276 g/mol. The first-order chi connectivity index (χ1) is 9.69. The van der Waals surface area contributed by atoms with Gasteiger partial charge >= 0.3 is 0 Å². The average Bonchev–Trinajstić information content (AvgIpc) is 2.45. The zero-order chi connectivity index (χ0) is 14.4. The largest absolute Gasteiger partial charge is 0.367 e. The normalized spacial score (nSPS) is 16.1. The molecule has 0 aromatic carbocycles. The molecule has 1 aromatic rings. The van der Waals surface area contributed by atoms with Gasteiger partial charge in [-0.05, 0) is 26.2 Å². The van der Waals surface area contributed by atoms with Crippen LogP contribution in [0.3, 0.4) is 0 Å². The van der Waals surface area contributed by atoms with Crippen molar-refractivity contribution in [3.8, 4) is 0 Å². The minimum atomic E-state index is 0.590. The molecule has 1 aliphatic rings. The molecule has 1 saturated carbocycles. The van der Waals surface area contributed by atoms with E-state index in [0.717, 1.165) is 24.0 Å². The van der Waals surface area contributed by atoms with Crippen LogP contribution in [0.25, 0.3) is 0 Å². The summed E-state index contributed by atoms with van der Waals surface area (Å²) in [6.45, 7) is 5.27. The Morgan fingerprint density at radius 3 is 2.70 bits per heavy atom. The van der Waals surface area contributed by atoms with Gasteiger partial charge in [-0.2, -0.15) is 4.98 Å². The maximum Gasteiger partial charge on any atom is 0.227 e. The molecular formula is C16H28N4. The fourth-order valence-electron chi connectivity index (χ4n) is 2.75. The van der Waals surface area contributed by atoms with Crippen LogP contribution in [0.1, 0.15) is 57.6 Å². The summed E-state index contributed by atoms with van der Waals surface area (Å²) in [6, 6.07) is 2.65. The maximum absolute atomic E-state index is 4.68. The number of nitrogens with one attached hydrogen (secondary N) is 1. The Labute approximate surface area is 123 Å². The second-order valence-electron chi connectivity index (χ2n) is 5.95. The van der Waals surface area contributed by atoms with Gasteiger partial charge in [-0.25, -0.2) is 4.98 Å². The first-order valence-electron chi connectivity index (χ1n) is 8.02. The Hall–Kier alpha value is -1.32. The molecule has 1 aromatic heterocycles. The number of hydrogen-bond acceptors (Lipinski definition) is 4. The predicted molar refractivity (Wildman–Crippen MR) is 85.4 cm³/mol. The summed E-state index contributed by atoms with van der Waals surface area (Å²) in [6.07, 6.45) is 8.97. The van der Waals surface area contributed by atoms with Crippen molar-refractivity contribution in [2.45, 2.75) is 64.8 Å². The Bertz CT molecular complexity index is 413. The molecule has 0 unspecified atom stereocenters. The number of aryl methyl sites for hydroxylation is 1. The highest BCUT2D eigenvalue weighted by molar-refractivity contribution is 5.44. The van der Waals surface area contributed by atoms with E-state index in [2.05, 4.69) is 40.2 Å². The zero-order valence-corrected chi connectivity index (χ0v) is 13.2. The van der Waals surface area contributed by atoms with Crippen molar-refractivity contribution >= 4 is 11.8 Å². The van der Waals surface area contributed by atoms with Crippen molar-refractivity contribution in [1.29, 1.82) is 0 Å². The van der Waals surface area contributed by atoms with Gasteiger partial charge in [0.05, 0.1) is 0 Å². The van der Waals surface area contributed by atoms with E-state index < -0.39 is 0 Å². The number of unbranched alkanes of at least 4 members (excludes halogenated alkanes) is 1. The molecular weight excluding hydrogens is 248 g/mol. The van der Waals surface area contributed by atoms with Crippen molar-refractivity contribution in [3.05, 3.63) is 11.8 Å². The molecule has 20 heavy (non-hydrogen) atoms. The lowest BCUT2D eigenvalue weighted by Crippen LogP contribution is -2.25. The van der Waals surface area contributed by atoms with Gasteiger partial charge in [-0.15, -0.1) is 0 Å². The second-order valence-corrected chi connectivity index (χ2v) is 5.95. The van der Waals surface area contributed by atoms with E-state index in [9.17, 15) is 0 Å². The Morgan fingerprint density at radius 2 is 2.00 bits per heavy atom. The fourth-order valence-corrected chi connectivity index (χ4v) is 2.75. The van der Waals surface area contributed by atoms with Crippen molar-refractivity contribution in [2.24, 2.45) is 0 Å². The van der Waals surface area contributed by atoms with E-state index >= 15 is 0 Å². The Morgan fingerprint density at radius 1 is 1.25 bits per heavy atom. The van der Waals surface area contributed by atoms with Gasteiger partial charge in [-0.3, -0.25) is 0 Å². The first kappa shape index (κ1) is 15.1. The van der Waals surface area contributed by atoms with Crippen LogP contribution in [0.5, 0.6) is 0 Å². The molecule has 112 valence electrons. The smallest absolute Gasteiger partial charge is 0.227 e. The van der Waals surface area contributed by atoms with E-state index in [-0.39, 0.29) is 0 Å². The highest BCUT2D eigenvalue weighted by atomic mass is 15.2. The second kappa shape index (κ2) is 7.46.